The number of amides is 1. The van der Waals surface area contributed by atoms with Gasteiger partial charge in [-0.1, -0.05) is 24.3 Å². The quantitative estimate of drug-likeness (QED) is 0.913. The van der Waals surface area contributed by atoms with E-state index in [1.54, 1.807) is 18.2 Å². The molecule has 0 bridgehead atoms. The van der Waals surface area contributed by atoms with Crippen molar-refractivity contribution in [1.82, 2.24) is 0 Å². The van der Waals surface area contributed by atoms with Gasteiger partial charge in [0, 0.05) is 5.56 Å². The molecular formula is C15H15FN2O3S. The molecule has 0 aromatic heterocycles. The third-order valence-corrected chi connectivity index (χ3v) is 4.21. The molecule has 2 N–H and O–H groups in total. The van der Waals surface area contributed by atoms with Gasteiger partial charge in [0.25, 0.3) is 0 Å². The van der Waals surface area contributed by atoms with Crippen molar-refractivity contribution in [3.8, 4) is 0 Å². The Morgan fingerprint density at radius 1 is 1.14 bits per heavy atom. The van der Waals surface area contributed by atoms with Gasteiger partial charge in [-0.2, -0.15) is 0 Å². The summed E-state index contributed by atoms with van der Waals surface area (Å²) in [5.74, 6) is -1.19. The predicted molar refractivity (Wildman–Crippen MR) is 82.4 cm³/mol. The first kappa shape index (κ1) is 16.0. The number of benzene rings is 2. The molecule has 0 spiro atoms. The maximum atomic E-state index is 13.9. The monoisotopic (exact) mass is 322 g/mol. The first-order chi connectivity index (χ1) is 10.3. The summed E-state index contributed by atoms with van der Waals surface area (Å²) < 4.78 is 38.7. The van der Waals surface area contributed by atoms with Crippen molar-refractivity contribution in [2.75, 3.05) is 10.6 Å². The summed E-state index contributed by atoms with van der Waals surface area (Å²) in [6.45, 7) is -0.0428. The predicted octanol–water partition coefficient (Wildman–Crippen LogP) is 1.89. The molecule has 0 heterocycles. The molecule has 2 rings (SSSR count). The maximum absolute atomic E-state index is 13.9. The molecule has 0 unspecified atom stereocenters. The van der Waals surface area contributed by atoms with Crippen LogP contribution in [0, 0.1) is 5.82 Å². The summed E-state index contributed by atoms with van der Waals surface area (Å²) in [6.07, 6.45) is 1.01. The van der Waals surface area contributed by atoms with Gasteiger partial charge in [-0.3, -0.25) is 9.10 Å². The highest BCUT2D eigenvalue weighted by Gasteiger charge is 2.20. The molecule has 2 aromatic rings. The van der Waals surface area contributed by atoms with E-state index in [4.69, 9.17) is 5.73 Å². The number of para-hydroxylation sites is 1. The van der Waals surface area contributed by atoms with Crippen molar-refractivity contribution in [2.24, 2.45) is 5.73 Å². The van der Waals surface area contributed by atoms with E-state index in [0.29, 0.717) is 11.1 Å². The zero-order valence-corrected chi connectivity index (χ0v) is 12.7. The second-order valence-electron chi connectivity index (χ2n) is 4.78. The van der Waals surface area contributed by atoms with Crippen molar-refractivity contribution in [1.29, 1.82) is 0 Å². The summed E-state index contributed by atoms with van der Waals surface area (Å²) in [4.78, 5) is 11.0. The average Bonchev–Trinajstić information content (AvgIpc) is 2.45. The van der Waals surface area contributed by atoms with Crippen molar-refractivity contribution in [2.45, 2.75) is 6.54 Å². The van der Waals surface area contributed by atoms with E-state index >= 15 is 0 Å². The molecule has 1 amide bonds. The Bertz CT molecular complexity index is 789. The van der Waals surface area contributed by atoms with Crippen molar-refractivity contribution >= 4 is 21.6 Å². The number of hydrogen-bond acceptors (Lipinski definition) is 3. The lowest BCUT2D eigenvalue weighted by Gasteiger charge is -2.23. The number of primary amides is 1. The molecule has 0 aliphatic heterocycles. The van der Waals surface area contributed by atoms with Gasteiger partial charge in [0.05, 0.1) is 18.5 Å². The van der Waals surface area contributed by atoms with Crippen LogP contribution in [0.4, 0.5) is 10.1 Å². The summed E-state index contributed by atoms with van der Waals surface area (Å²) in [6, 6.07) is 11.8. The zero-order chi connectivity index (χ0) is 16.3. The van der Waals surface area contributed by atoms with Crippen LogP contribution < -0.4 is 10.0 Å². The number of carbonyl (C=O) groups is 1. The number of nitrogens with two attached hydrogens (primary N) is 1. The van der Waals surface area contributed by atoms with Crippen LogP contribution in [-0.2, 0) is 16.6 Å². The van der Waals surface area contributed by atoms with Crippen molar-refractivity contribution in [3.05, 3.63) is 65.5 Å². The Hall–Kier alpha value is -2.41. The van der Waals surface area contributed by atoms with E-state index in [-0.39, 0.29) is 12.2 Å². The van der Waals surface area contributed by atoms with Crippen LogP contribution in [0.15, 0.2) is 48.5 Å². The Balaban J connectivity index is 2.36. The molecular weight excluding hydrogens is 307 g/mol. The number of nitrogens with zero attached hydrogens (tertiary/aromatic N) is 1. The Labute approximate surface area is 128 Å². The second-order valence-corrected chi connectivity index (χ2v) is 6.69. The fourth-order valence-electron chi connectivity index (χ4n) is 1.98. The summed E-state index contributed by atoms with van der Waals surface area (Å²) in [7, 11) is -3.66. The molecule has 0 aliphatic carbocycles. The molecule has 0 saturated carbocycles. The first-order valence-corrected chi connectivity index (χ1v) is 8.25. The van der Waals surface area contributed by atoms with E-state index in [2.05, 4.69) is 0 Å². The van der Waals surface area contributed by atoms with E-state index in [1.807, 2.05) is 0 Å². The highest BCUT2D eigenvalue weighted by Crippen LogP contribution is 2.23. The van der Waals surface area contributed by atoms with Gasteiger partial charge >= 0.3 is 0 Å². The number of carbonyl (C=O) groups excluding carboxylic acids is 1. The molecule has 0 atom stereocenters. The molecule has 22 heavy (non-hydrogen) atoms. The fourth-order valence-corrected chi connectivity index (χ4v) is 2.86. The minimum absolute atomic E-state index is 0.0241. The van der Waals surface area contributed by atoms with Crippen LogP contribution in [-0.4, -0.2) is 20.6 Å². The first-order valence-electron chi connectivity index (χ1n) is 6.40. The lowest BCUT2D eigenvalue weighted by atomic mass is 10.1. The van der Waals surface area contributed by atoms with Gasteiger partial charge in [-0.25, -0.2) is 12.8 Å². The van der Waals surface area contributed by atoms with Gasteiger partial charge in [-0.05, 0) is 29.8 Å². The molecule has 0 fully saturated rings. The molecule has 116 valence electrons. The smallest absolute Gasteiger partial charge is 0.248 e. The highest BCUT2D eigenvalue weighted by atomic mass is 32.2. The number of hydrogen-bond donors (Lipinski definition) is 1. The zero-order valence-electron chi connectivity index (χ0n) is 11.9. The summed E-state index contributed by atoms with van der Waals surface area (Å²) in [5, 5.41) is 0. The van der Waals surface area contributed by atoms with Crippen LogP contribution in [0.2, 0.25) is 0 Å². The Morgan fingerprint density at radius 3 is 2.23 bits per heavy atom. The second kappa shape index (κ2) is 6.15. The molecule has 5 nitrogen and oxygen atoms in total. The standard InChI is InChI=1S/C15H15FN2O3S/c1-22(20,21)18(14-5-3-2-4-13(14)16)10-11-6-8-12(9-7-11)15(17)19/h2-9H,10H2,1H3,(H2,17,19). The highest BCUT2D eigenvalue weighted by molar-refractivity contribution is 7.92. The largest absolute Gasteiger partial charge is 0.366 e. The lowest BCUT2D eigenvalue weighted by Crippen LogP contribution is -2.30. The fraction of sp³-hybridized carbons (Fsp3) is 0.133. The SMILES string of the molecule is CS(=O)(=O)N(Cc1ccc(C(N)=O)cc1)c1ccccc1F. The van der Waals surface area contributed by atoms with Crippen molar-refractivity contribution < 1.29 is 17.6 Å². The topological polar surface area (TPSA) is 80.5 Å². The third-order valence-electron chi connectivity index (χ3n) is 3.09. The molecule has 0 radical (unpaired) electrons. The Morgan fingerprint density at radius 2 is 1.73 bits per heavy atom. The van der Waals surface area contributed by atoms with E-state index in [9.17, 15) is 17.6 Å². The van der Waals surface area contributed by atoms with Crippen LogP contribution in [0.5, 0.6) is 0 Å². The third kappa shape index (κ3) is 3.62. The number of halogens is 1. The molecule has 0 saturated heterocycles. The van der Waals surface area contributed by atoms with Crippen LogP contribution in [0.3, 0.4) is 0 Å². The van der Waals surface area contributed by atoms with Crippen LogP contribution in [0.25, 0.3) is 0 Å². The van der Waals surface area contributed by atoms with E-state index in [1.165, 1.54) is 30.3 Å². The van der Waals surface area contributed by atoms with E-state index < -0.39 is 21.7 Å². The summed E-state index contributed by atoms with van der Waals surface area (Å²) in [5.41, 5.74) is 6.06. The minimum atomic E-state index is -3.66. The van der Waals surface area contributed by atoms with Gasteiger partial charge in [0.1, 0.15) is 5.82 Å². The van der Waals surface area contributed by atoms with Gasteiger partial charge in [0.2, 0.25) is 15.9 Å². The number of sulfonamides is 1. The van der Waals surface area contributed by atoms with Gasteiger partial charge in [0.15, 0.2) is 0 Å². The molecule has 7 heteroatoms. The number of rotatable bonds is 5. The minimum Gasteiger partial charge on any atom is -0.366 e. The number of anilines is 1. The normalized spacial score (nSPS) is 11.2. The van der Waals surface area contributed by atoms with Crippen LogP contribution >= 0.6 is 0 Å². The molecule has 2 aromatic carbocycles. The Kier molecular flexibility index (Phi) is 4.46. The maximum Gasteiger partial charge on any atom is 0.248 e. The van der Waals surface area contributed by atoms with Gasteiger partial charge in [-0.15, -0.1) is 0 Å². The van der Waals surface area contributed by atoms with E-state index in [0.717, 1.165) is 10.6 Å². The molecule has 0 aliphatic rings. The lowest BCUT2D eigenvalue weighted by molar-refractivity contribution is 0.100. The van der Waals surface area contributed by atoms with Crippen LogP contribution in [0.1, 0.15) is 15.9 Å². The van der Waals surface area contributed by atoms with Gasteiger partial charge < -0.3 is 5.73 Å². The summed E-state index contributed by atoms with van der Waals surface area (Å²) >= 11 is 0. The average molecular weight is 322 g/mol. The van der Waals surface area contributed by atoms with Crippen molar-refractivity contribution in [3.63, 3.8) is 0 Å².